The first-order valence-electron chi connectivity index (χ1n) is 5.41. The second kappa shape index (κ2) is 6.23. The molecule has 0 unspecified atom stereocenters. The average molecular weight is 277 g/mol. The van der Waals surface area contributed by atoms with Crippen molar-refractivity contribution in [1.82, 2.24) is 0 Å². The van der Waals surface area contributed by atoms with Gasteiger partial charge in [0.05, 0.1) is 5.75 Å². The Morgan fingerprint density at radius 1 is 1.35 bits per heavy atom. The number of nitrogens with one attached hydrogen (secondary N) is 1. The Morgan fingerprint density at radius 2 is 2.06 bits per heavy atom. The second-order valence-electron chi connectivity index (χ2n) is 3.88. The van der Waals surface area contributed by atoms with Crippen molar-refractivity contribution in [3.05, 3.63) is 28.8 Å². The summed E-state index contributed by atoms with van der Waals surface area (Å²) in [6.07, 6.45) is 1.26. The number of nitrogens with two attached hydrogens (primary N) is 1. The number of unbranched alkanes of at least 4 members (excludes halogenated alkanes) is 1. The Labute approximate surface area is 107 Å². The predicted octanol–water partition coefficient (Wildman–Crippen LogP) is 2.13. The molecule has 0 fully saturated rings. The first-order valence-corrected chi connectivity index (χ1v) is 7.44. The zero-order valence-electron chi connectivity index (χ0n) is 9.74. The third-order valence-corrected chi connectivity index (χ3v) is 4.09. The smallest absolute Gasteiger partial charge is 0.232 e. The Hall–Kier alpha value is -0.780. The van der Waals surface area contributed by atoms with Gasteiger partial charge >= 0.3 is 0 Å². The van der Waals surface area contributed by atoms with Crippen LogP contribution in [0.15, 0.2) is 18.2 Å². The van der Waals surface area contributed by atoms with E-state index < -0.39 is 10.0 Å². The topological polar surface area (TPSA) is 72.2 Å². The maximum absolute atomic E-state index is 11.7. The van der Waals surface area contributed by atoms with Crippen molar-refractivity contribution in [3.8, 4) is 0 Å². The summed E-state index contributed by atoms with van der Waals surface area (Å²) in [5, 5.41) is 0.548. The summed E-state index contributed by atoms with van der Waals surface area (Å²) in [5.41, 5.74) is 6.72. The van der Waals surface area contributed by atoms with Crippen LogP contribution < -0.4 is 10.5 Å². The van der Waals surface area contributed by atoms with Crippen molar-refractivity contribution in [2.24, 2.45) is 5.73 Å². The molecule has 1 rings (SSSR count). The lowest BCUT2D eigenvalue weighted by molar-refractivity contribution is 0.597. The van der Waals surface area contributed by atoms with E-state index in [0.29, 0.717) is 30.1 Å². The molecule has 0 radical (unpaired) electrons. The number of anilines is 1. The first kappa shape index (κ1) is 14.3. The van der Waals surface area contributed by atoms with Crippen molar-refractivity contribution in [1.29, 1.82) is 0 Å². The molecular weight excluding hydrogens is 260 g/mol. The SMILES string of the molecule is Cc1ccc(NS(=O)(=O)CCCCN)cc1Cl. The Bertz CT molecular complexity index is 474. The van der Waals surface area contributed by atoms with E-state index in [2.05, 4.69) is 4.72 Å². The molecule has 3 N–H and O–H groups in total. The number of aryl methyl sites for hydroxylation is 1. The van der Waals surface area contributed by atoms with E-state index in [-0.39, 0.29) is 5.75 Å². The van der Waals surface area contributed by atoms with Gasteiger partial charge in [-0.15, -0.1) is 0 Å². The molecule has 6 heteroatoms. The number of rotatable bonds is 6. The fraction of sp³-hybridized carbons (Fsp3) is 0.455. The molecule has 0 saturated heterocycles. The van der Waals surface area contributed by atoms with Crippen LogP contribution >= 0.6 is 11.6 Å². The van der Waals surface area contributed by atoms with Gasteiger partial charge < -0.3 is 5.73 Å². The number of benzene rings is 1. The van der Waals surface area contributed by atoms with Crippen LogP contribution in [0.2, 0.25) is 5.02 Å². The van der Waals surface area contributed by atoms with Crippen LogP contribution in [0, 0.1) is 6.92 Å². The van der Waals surface area contributed by atoms with Crippen LogP contribution in [0.25, 0.3) is 0 Å². The van der Waals surface area contributed by atoms with E-state index >= 15 is 0 Å². The molecule has 0 aliphatic rings. The monoisotopic (exact) mass is 276 g/mol. The van der Waals surface area contributed by atoms with E-state index in [1.54, 1.807) is 18.2 Å². The van der Waals surface area contributed by atoms with Gasteiger partial charge in [0.2, 0.25) is 10.0 Å². The number of hydrogen-bond donors (Lipinski definition) is 2. The van der Waals surface area contributed by atoms with E-state index in [1.165, 1.54) is 0 Å². The van der Waals surface area contributed by atoms with Crippen LogP contribution in [0.1, 0.15) is 18.4 Å². The molecule has 0 amide bonds. The molecule has 0 aliphatic carbocycles. The van der Waals surface area contributed by atoms with Gasteiger partial charge in [0.1, 0.15) is 0 Å². The largest absolute Gasteiger partial charge is 0.330 e. The van der Waals surface area contributed by atoms with E-state index in [1.807, 2.05) is 6.92 Å². The molecule has 0 bridgehead atoms. The van der Waals surface area contributed by atoms with Crippen molar-refractivity contribution < 1.29 is 8.42 Å². The summed E-state index contributed by atoms with van der Waals surface area (Å²) in [5.74, 6) is 0.0791. The van der Waals surface area contributed by atoms with Crippen LogP contribution in [0.3, 0.4) is 0 Å². The lowest BCUT2D eigenvalue weighted by atomic mass is 10.2. The van der Waals surface area contributed by atoms with E-state index in [9.17, 15) is 8.42 Å². The van der Waals surface area contributed by atoms with E-state index in [4.69, 9.17) is 17.3 Å². The molecule has 0 aliphatic heterocycles. The van der Waals surface area contributed by atoms with Gasteiger partial charge in [0.25, 0.3) is 0 Å². The third kappa shape index (κ3) is 4.93. The van der Waals surface area contributed by atoms with Crippen LogP contribution in [0.5, 0.6) is 0 Å². The minimum absolute atomic E-state index is 0.0791. The van der Waals surface area contributed by atoms with Crippen LogP contribution in [0.4, 0.5) is 5.69 Å². The lowest BCUT2D eigenvalue weighted by Crippen LogP contribution is -2.17. The van der Waals surface area contributed by atoms with Gasteiger partial charge in [0.15, 0.2) is 0 Å². The highest BCUT2D eigenvalue weighted by atomic mass is 35.5. The van der Waals surface area contributed by atoms with Crippen LogP contribution in [-0.2, 0) is 10.0 Å². The van der Waals surface area contributed by atoms with Gasteiger partial charge in [-0.2, -0.15) is 0 Å². The highest BCUT2D eigenvalue weighted by Crippen LogP contribution is 2.20. The lowest BCUT2D eigenvalue weighted by Gasteiger charge is -2.08. The molecule has 1 aromatic carbocycles. The highest BCUT2D eigenvalue weighted by molar-refractivity contribution is 7.92. The molecule has 0 heterocycles. The van der Waals surface area contributed by atoms with Gasteiger partial charge in [-0.1, -0.05) is 17.7 Å². The third-order valence-electron chi connectivity index (χ3n) is 2.31. The van der Waals surface area contributed by atoms with Gasteiger partial charge in [-0.05, 0) is 44.0 Å². The molecule has 0 aromatic heterocycles. The average Bonchev–Trinajstić information content (AvgIpc) is 2.23. The molecule has 17 heavy (non-hydrogen) atoms. The molecule has 0 saturated carbocycles. The zero-order valence-corrected chi connectivity index (χ0v) is 11.3. The summed E-state index contributed by atoms with van der Waals surface area (Å²) in [6, 6.07) is 5.08. The maximum Gasteiger partial charge on any atom is 0.232 e. The molecule has 0 spiro atoms. The Balaban J connectivity index is 2.66. The van der Waals surface area contributed by atoms with Crippen molar-refractivity contribution in [2.75, 3.05) is 17.0 Å². The van der Waals surface area contributed by atoms with Gasteiger partial charge in [0, 0.05) is 10.7 Å². The van der Waals surface area contributed by atoms with Gasteiger partial charge in [-0.25, -0.2) is 8.42 Å². The van der Waals surface area contributed by atoms with Gasteiger partial charge in [-0.3, -0.25) is 4.72 Å². The fourth-order valence-electron chi connectivity index (χ4n) is 1.32. The second-order valence-corrected chi connectivity index (χ2v) is 6.13. The van der Waals surface area contributed by atoms with Crippen molar-refractivity contribution >= 4 is 27.3 Å². The Morgan fingerprint density at radius 3 is 2.65 bits per heavy atom. The summed E-state index contributed by atoms with van der Waals surface area (Å²) in [4.78, 5) is 0. The number of hydrogen-bond acceptors (Lipinski definition) is 3. The number of sulfonamides is 1. The fourth-order valence-corrected chi connectivity index (χ4v) is 2.68. The molecule has 4 nitrogen and oxygen atoms in total. The summed E-state index contributed by atoms with van der Waals surface area (Å²) < 4.78 is 25.8. The summed E-state index contributed by atoms with van der Waals surface area (Å²) in [7, 11) is -3.30. The van der Waals surface area contributed by atoms with E-state index in [0.717, 1.165) is 5.56 Å². The first-order chi connectivity index (χ1) is 7.94. The molecular formula is C11H17ClN2O2S. The number of halogens is 1. The minimum Gasteiger partial charge on any atom is -0.330 e. The quantitative estimate of drug-likeness (QED) is 0.782. The normalized spacial score (nSPS) is 11.5. The highest BCUT2D eigenvalue weighted by Gasteiger charge is 2.10. The van der Waals surface area contributed by atoms with Crippen molar-refractivity contribution in [3.63, 3.8) is 0 Å². The molecule has 96 valence electrons. The summed E-state index contributed by atoms with van der Waals surface area (Å²) in [6.45, 7) is 2.37. The van der Waals surface area contributed by atoms with Crippen molar-refractivity contribution in [2.45, 2.75) is 19.8 Å². The van der Waals surface area contributed by atoms with Crippen LogP contribution in [-0.4, -0.2) is 20.7 Å². The standard InChI is InChI=1S/C11H17ClN2O2S/c1-9-4-5-10(8-11(9)12)14-17(15,16)7-3-2-6-13/h4-5,8,14H,2-3,6-7,13H2,1H3. The maximum atomic E-state index is 11.7. The zero-order chi connectivity index (χ0) is 12.9. The molecule has 1 aromatic rings. The molecule has 0 atom stereocenters. The minimum atomic E-state index is -3.30. The summed E-state index contributed by atoms with van der Waals surface area (Å²) >= 11 is 5.92. The Kier molecular flexibility index (Phi) is 5.24. The predicted molar refractivity (Wildman–Crippen MR) is 71.9 cm³/mol.